The Morgan fingerprint density at radius 3 is 2.93 bits per heavy atom. The van der Waals surface area contributed by atoms with Gasteiger partial charge in [-0.15, -0.1) is 0 Å². The van der Waals surface area contributed by atoms with Gasteiger partial charge in [-0.05, 0) is 13.0 Å². The molecule has 2 aliphatic heterocycles. The summed E-state index contributed by atoms with van der Waals surface area (Å²) >= 11 is 6.14. The molecule has 1 aromatic rings. The van der Waals surface area contributed by atoms with Crippen molar-refractivity contribution in [2.75, 3.05) is 13.1 Å². The van der Waals surface area contributed by atoms with Crippen molar-refractivity contribution in [1.29, 1.82) is 0 Å². The van der Waals surface area contributed by atoms with E-state index >= 15 is 0 Å². The number of rotatable bonds is 1. The lowest BCUT2D eigenvalue weighted by Crippen LogP contribution is -2.11. The normalized spacial score (nSPS) is 24.5. The molecule has 80 valence electrons. The first-order valence-corrected chi connectivity index (χ1v) is 5.69. The summed E-state index contributed by atoms with van der Waals surface area (Å²) < 4.78 is 0. The van der Waals surface area contributed by atoms with E-state index in [1.165, 1.54) is 0 Å². The molecular formula is C10H13ClN4. The maximum absolute atomic E-state index is 6.14. The average molecular weight is 225 g/mol. The van der Waals surface area contributed by atoms with Crippen molar-refractivity contribution in [3.8, 4) is 0 Å². The molecule has 0 radical (unpaired) electrons. The van der Waals surface area contributed by atoms with Gasteiger partial charge in [0.2, 0.25) is 0 Å². The third kappa shape index (κ3) is 1.62. The minimum atomic E-state index is 0.438. The fourth-order valence-corrected chi connectivity index (χ4v) is 2.47. The van der Waals surface area contributed by atoms with Gasteiger partial charge in [0.05, 0.1) is 5.69 Å². The van der Waals surface area contributed by atoms with Crippen LogP contribution in [0.2, 0.25) is 5.15 Å². The van der Waals surface area contributed by atoms with E-state index in [1.807, 2.05) is 0 Å². The lowest BCUT2D eigenvalue weighted by molar-refractivity contribution is 0.691. The molecule has 1 fully saturated rings. The summed E-state index contributed by atoms with van der Waals surface area (Å²) in [6.45, 7) is 3.66. The lowest BCUT2D eigenvalue weighted by Gasteiger charge is -2.09. The fourth-order valence-electron chi connectivity index (χ4n) is 2.20. The molecule has 1 unspecified atom stereocenters. The van der Waals surface area contributed by atoms with Crippen molar-refractivity contribution < 1.29 is 0 Å². The topological polar surface area (TPSA) is 49.8 Å². The van der Waals surface area contributed by atoms with Crippen LogP contribution < -0.4 is 10.6 Å². The molecule has 1 atom stereocenters. The maximum Gasteiger partial charge on any atom is 0.137 e. The Kier molecular flexibility index (Phi) is 2.35. The van der Waals surface area contributed by atoms with Crippen molar-refractivity contribution in [2.24, 2.45) is 0 Å². The highest BCUT2D eigenvalue weighted by Gasteiger charge is 2.24. The summed E-state index contributed by atoms with van der Waals surface area (Å²) in [6.07, 6.45) is 1.11. The van der Waals surface area contributed by atoms with E-state index in [0.717, 1.165) is 49.7 Å². The number of hydrogen-bond donors (Lipinski definition) is 2. The number of nitrogens with zero attached hydrogens (tertiary/aromatic N) is 2. The maximum atomic E-state index is 6.14. The van der Waals surface area contributed by atoms with E-state index in [9.17, 15) is 0 Å². The molecule has 0 amide bonds. The number of hydrogen-bond acceptors (Lipinski definition) is 4. The summed E-state index contributed by atoms with van der Waals surface area (Å²) in [6, 6.07) is 0. The second-order valence-corrected chi connectivity index (χ2v) is 4.45. The second kappa shape index (κ2) is 3.70. The molecule has 2 N–H and O–H groups in total. The van der Waals surface area contributed by atoms with Gasteiger partial charge in [-0.2, -0.15) is 0 Å². The molecule has 2 aliphatic rings. The zero-order valence-electron chi connectivity index (χ0n) is 8.39. The number of nitrogens with one attached hydrogen (secondary N) is 2. The van der Waals surface area contributed by atoms with Gasteiger partial charge >= 0.3 is 0 Å². The van der Waals surface area contributed by atoms with Gasteiger partial charge in [0.1, 0.15) is 11.0 Å². The van der Waals surface area contributed by atoms with Crippen LogP contribution in [-0.2, 0) is 13.1 Å². The van der Waals surface area contributed by atoms with Crippen LogP contribution in [0.25, 0.3) is 0 Å². The summed E-state index contributed by atoms with van der Waals surface area (Å²) in [7, 11) is 0. The summed E-state index contributed by atoms with van der Waals surface area (Å²) in [5.41, 5.74) is 2.16. The van der Waals surface area contributed by atoms with E-state index in [2.05, 4.69) is 20.6 Å². The van der Waals surface area contributed by atoms with Crippen LogP contribution in [0.1, 0.15) is 29.4 Å². The predicted octanol–water partition coefficient (Wildman–Crippen LogP) is 0.810. The first-order valence-electron chi connectivity index (χ1n) is 5.31. The highest BCUT2D eigenvalue weighted by molar-refractivity contribution is 6.30. The Morgan fingerprint density at radius 2 is 2.13 bits per heavy atom. The molecule has 15 heavy (non-hydrogen) atoms. The monoisotopic (exact) mass is 224 g/mol. The second-order valence-electron chi connectivity index (χ2n) is 4.09. The first kappa shape index (κ1) is 9.51. The molecule has 3 heterocycles. The van der Waals surface area contributed by atoms with Crippen LogP contribution in [0, 0.1) is 0 Å². The van der Waals surface area contributed by atoms with E-state index in [0.29, 0.717) is 11.1 Å². The van der Waals surface area contributed by atoms with Crippen molar-refractivity contribution in [3.05, 3.63) is 22.2 Å². The van der Waals surface area contributed by atoms with Crippen molar-refractivity contribution >= 4 is 11.6 Å². The molecule has 0 aromatic carbocycles. The van der Waals surface area contributed by atoms with Crippen LogP contribution in [-0.4, -0.2) is 23.1 Å². The SMILES string of the molecule is Clc1nc(C2CCNC2)nc2c1CNC2. The van der Waals surface area contributed by atoms with E-state index in [-0.39, 0.29) is 0 Å². The molecule has 3 rings (SSSR count). The molecular weight excluding hydrogens is 212 g/mol. The standard InChI is InChI=1S/C10H13ClN4/c11-9-7-4-13-5-8(7)14-10(15-9)6-1-2-12-3-6/h6,12-13H,1-5H2. The van der Waals surface area contributed by atoms with E-state index in [1.54, 1.807) is 0 Å². The highest BCUT2D eigenvalue weighted by atomic mass is 35.5. The number of halogens is 1. The van der Waals surface area contributed by atoms with Gasteiger partial charge < -0.3 is 10.6 Å². The van der Waals surface area contributed by atoms with Crippen LogP contribution in [0.3, 0.4) is 0 Å². The van der Waals surface area contributed by atoms with Crippen molar-refractivity contribution in [1.82, 2.24) is 20.6 Å². The fraction of sp³-hybridized carbons (Fsp3) is 0.600. The van der Waals surface area contributed by atoms with Crippen LogP contribution >= 0.6 is 11.6 Å². The average Bonchev–Trinajstić information content (AvgIpc) is 2.88. The third-order valence-electron chi connectivity index (χ3n) is 3.08. The zero-order valence-corrected chi connectivity index (χ0v) is 9.14. The van der Waals surface area contributed by atoms with E-state index < -0.39 is 0 Å². The third-order valence-corrected chi connectivity index (χ3v) is 3.39. The Morgan fingerprint density at radius 1 is 1.20 bits per heavy atom. The molecule has 0 spiro atoms. The summed E-state index contributed by atoms with van der Waals surface area (Å²) in [5, 5.41) is 7.19. The predicted molar refractivity (Wildman–Crippen MR) is 57.8 cm³/mol. The molecule has 0 bridgehead atoms. The number of aromatic nitrogens is 2. The molecule has 0 saturated carbocycles. The minimum absolute atomic E-state index is 0.438. The molecule has 0 aliphatic carbocycles. The van der Waals surface area contributed by atoms with Crippen LogP contribution in [0.5, 0.6) is 0 Å². The Hall–Kier alpha value is -0.710. The highest BCUT2D eigenvalue weighted by Crippen LogP contribution is 2.26. The van der Waals surface area contributed by atoms with Gasteiger partial charge in [0.15, 0.2) is 0 Å². The Balaban J connectivity index is 1.99. The zero-order chi connectivity index (χ0) is 10.3. The van der Waals surface area contributed by atoms with Crippen LogP contribution in [0.4, 0.5) is 0 Å². The Labute approximate surface area is 93.5 Å². The van der Waals surface area contributed by atoms with Gasteiger partial charge in [-0.3, -0.25) is 0 Å². The largest absolute Gasteiger partial charge is 0.316 e. The molecule has 1 saturated heterocycles. The summed E-state index contributed by atoms with van der Waals surface area (Å²) in [5.74, 6) is 1.35. The quantitative estimate of drug-likeness (QED) is 0.694. The molecule has 1 aromatic heterocycles. The van der Waals surface area contributed by atoms with Gasteiger partial charge in [-0.25, -0.2) is 9.97 Å². The molecule has 5 heteroatoms. The summed E-state index contributed by atoms with van der Waals surface area (Å²) in [4.78, 5) is 9.00. The van der Waals surface area contributed by atoms with Crippen LogP contribution in [0.15, 0.2) is 0 Å². The van der Waals surface area contributed by atoms with Gasteiger partial charge in [-0.1, -0.05) is 11.6 Å². The van der Waals surface area contributed by atoms with Crippen molar-refractivity contribution in [3.63, 3.8) is 0 Å². The first-order chi connectivity index (χ1) is 7.34. The minimum Gasteiger partial charge on any atom is -0.316 e. The van der Waals surface area contributed by atoms with Gasteiger partial charge in [0, 0.05) is 31.1 Å². The Bertz CT molecular complexity index is 387. The smallest absolute Gasteiger partial charge is 0.137 e. The van der Waals surface area contributed by atoms with Gasteiger partial charge in [0.25, 0.3) is 0 Å². The number of fused-ring (bicyclic) bond motifs is 1. The molecule has 4 nitrogen and oxygen atoms in total. The lowest BCUT2D eigenvalue weighted by atomic mass is 10.1. The van der Waals surface area contributed by atoms with E-state index in [4.69, 9.17) is 11.6 Å². The van der Waals surface area contributed by atoms with Crippen molar-refractivity contribution in [2.45, 2.75) is 25.4 Å².